The molecule has 1 heterocycles. The minimum absolute atomic E-state index is 0.135. The maximum Gasteiger partial charge on any atom is 0.263 e. The van der Waals surface area contributed by atoms with Crippen molar-refractivity contribution in [1.82, 2.24) is 4.90 Å². The van der Waals surface area contributed by atoms with Crippen molar-refractivity contribution in [3.63, 3.8) is 0 Å². The van der Waals surface area contributed by atoms with Gasteiger partial charge in [-0.25, -0.2) is 4.39 Å². The van der Waals surface area contributed by atoms with Crippen molar-refractivity contribution in [3.8, 4) is 0 Å². The van der Waals surface area contributed by atoms with Crippen molar-refractivity contribution >= 4 is 23.4 Å². The summed E-state index contributed by atoms with van der Waals surface area (Å²) in [4.78, 5) is 40.9. The molecule has 0 radical (unpaired) electrons. The van der Waals surface area contributed by atoms with Crippen molar-refractivity contribution in [2.24, 2.45) is 0 Å². The Morgan fingerprint density at radius 2 is 1.41 bits per heavy atom. The van der Waals surface area contributed by atoms with Crippen molar-refractivity contribution in [3.05, 3.63) is 101 Å². The number of amides is 3. The van der Waals surface area contributed by atoms with Crippen LogP contribution in [0, 0.1) is 12.7 Å². The van der Waals surface area contributed by atoms with Crippen LogP contribution in [0.5, 0.6) is 0 Å². The van der Waals surface area contributed by atoms with Gasteiger partial charge in [0.05, 0.1) is 16.7 Å². The second-order valence-electron chi connectivity index (χ2n) is 6.77. The zero-order chi connectivity index (χ0) is 20.5. The number of anilines is 1. The number of imide groups is 1. The second kappa shape index (κ2) is 7.31. The van der Waals surface area contributed by atoms with E-state index >= 15 is 0 Å². The number of hydrogen-bond donors (Lipinski definition) is 0. The summed E-state index contributed by atoms with van der Waals surface area (Å²) in [5.41, 5.74) is 1.89. The van der Waals surface area contributed by atoms with E-state index in [9.17, 15) is 18.8 Å². The van der Waals surface area contributed by atoms with Crippen LogP contribution in [0.2, 0.25) is 0 Å². The quantitative estimate of drug-likeness (QED) is 0.634. The first kappa shape index (κ1) is 18.6. The van der Waals surface area contributed by atoms with Crippen LogP contribution in [-0.2, 0) is 0 Å². The fourth-order valence-corrected chi connectivity index (χ4v) is 3.28. The molecule has 5 nitrogen and oxygen atoms in total. The fourth-order valence-electron chi connectivity index (χ4n) is 3.28. The Labute approximate surface area is 167 Å². The molecular weight excluding hydrogens is 371 g/mol. The maximum atomic E-state index is 14.3. The summed E-state index contributed by atoms with van der Waals surface area (Å²) < 4.78 is 14.3. The Morgan fingerprint density at radius 1 is 0.862 bits per heavy atom. The molecule has 0 N–H and O–H groups in total. The van der Waals surface area contributed by atoms with E-state index in [1.165, 1.54) is 23.1 Å². The van der Waals surface area contributed by atoms with E-state index in [1.54, 1.807) is 54.6 Å². The highest BCUT2D eigenvalue weighted by molar-refractivity contribution is 6.22. The minimum Gasteiger partial charge on any atom is -0.289 e. The molecule has 29 heavy (non-hydrogen) atoms. The molecule has 0 fully saturated rings. The average Bonchev–Trinajstić information content (AvgIpc) is 2.97. The summed E-state index contributed by atoms with van der Waals surface area (Å²) in [7, 11) is 0. The zero-order valence-corrected chi connectivity index (χ0v) is 15.6. The van der Waals surface area contributed by atoms with E-state index in [-0.39, 0.29) is 12.2 Å². The van der Waals surface area contributed by atoms with Gasteiger partial charge in [-0.05, 0) is 43.3 Å². The van der Waals surface area contributed by atoms with Crippen LogP contribution >= 0.6 is 0 Å². The van der Waals surface area contributed by atoms with Crippen molar-refractivity contribution in [1.29, 1.82) is 0 Å². The fraction of sp³-hybridized carbons (Fsp3) is 0.0870. The highest BCUT2D eigenvalue weighted by atomic mass is 19.1. The largest absolute Gasteiger partial charge is 0.289 e. The first-order valence-corrected chi connectivity index (χ1v) is 9.05. The number of halogens is 1. The molecule has 6 heteroatoms. The summed E-state index contributed by atoms with van der Waals surface area (Å²) in [5.74, 6) is -2.27. The van der Waals surface area contributed by atoms with Crippen molar-refractivity contribution in [2.45, 2.75) is 6.92 Å². The predicted molar refractivity (Wildman–Crippen MR) is 106 cm³/mol. The molecule has 1 aliphatic heterocycles. The van der Waals surface area contributed by atoms with Gasteiger partial charge >= 0.3 is 0 Å². The average molecular weight is 388 g/mol. The highest BCUT2D eigenvalue weighted by Crippen LogP contribution is 2.26. The van der Waals surface area contributed by atoms with Gasteiger partial charge in [0.25, 0.3) is 17.7 Å². The van der Waals surface area contributed by atoms with E-state index in [2.05, 4.69) is 0 Å². The third-order valence-electron chi connectivity index (χ3n) is 4.86. The topological polar surface area (TPSA) is 57.7 Å². The SMILES string of the molecule is Cc1ccc(N(CN2C(=O)c3ccccc3C2=O)C(=O)c2ccccc2F)cc1. The van der Waals surface area contributed by atoms with Gasteiger partial charge in [-0.1, -0.05) is 42.0 Å². The number of benzene rings is 3. The predicted octanol–water partition coefficient (Wildman–Crippen LogP) is 4.03. The number of aryl methyl sites for hydroxylation is 1. The highest BCUT2D eigenvalue weighted by Gasteiger charge is 2.37. The lowest BCUT2D eigenvalue weighted by Crippen LogP contribution is -2.44. The van der Waals surface area contributed by atoms with Gasteiger partial charge in [0.1, 0.15) is 12.5 Å². The molecule has 0 saturated heterocycles. The summed E-state index contributed by atoms with van der Waals surface area (Å²) in [6, 6.07) is 19.1. The first-order valence-electron chi connectivity index (χ1n) is 9.05. The molecule has 0 bridgehead atoms. The second-order valence-corrected chi connectivity index (χ2v) is 6.77. The number of hydrogen-bond acceptors (Lipinski definition) is 3. The molecular formula is C23H17FN2O3. The van der Waals surface area contributed by atoms with E-state index < -0.39 is 23.5 Å². The van der Waals surface area contributed by atoms with Crippen molar-refractivity contribution in [2.75, 3.05) is 11.6 Å². The van der Waals surface area contributed by atoms with Crippen LogP contribution in [-0.4, -0.2) is 29.3 Å². The van der Waals surface area contributed by atoms with Crippen LogP contribution in [0.3, 0.4) is 0 Å². The number of carbonyl (C=O) groups excluding carboxylic acids is 3. The third kappa shape index (κ3) is 3.29. The number of carbonyl (C=O) groups is 3. The van der Waals surface area contributed by atoms with Crippen LogP contribution in [0.25, 0.3) is 0 Å². The van der Waals surface area contributed by atoms with Gasteiger partial charge in [-0.2, -0.15) is 0 Å². The molecule has 0 atom stereocenters. The minimum atomic E-state index is -0.669. The van der Waals surface area contributed by atoms with Gasteiger partial charge in [-0.3, -0.25) is 24.2 Å². The monoisotopic (exact) mass is 388 g/mol. The van der Waals surface area contributed by atoms with Gasteiger partial charge in [0, 0.05) is 5.69 Å². The third-order valence-corrected chi connectivity index (χ3v) is 4.86. The van der Waals surface area contributed by atoms with Gasteiger partial charge in [-0.15, -0.1) is 0 Å². The standard InChI is InChI=1S/C23H17FN2O3/c1-15-10-12-16(13-11-15)25(23(29)19-8-4-5-9-20(19)24)14-26-21(27)17-6-2-3-7-18(17)22(26)28/h2-13H,14H2,1H3. The molecule has 3 aromatic carbocycles. The van der Waals surface area contributed by atoms with E-state index in [0.717, 1.165) is 10.5 Å². The number of fused-ring (bicyclic) bond motifs is 1. The molecule has 0 unspecified atom stereocenters. The van der Waals surface area contributed by atoms with Gasteiger partial charge in [0.15, 0.2) is 0 Å². The molecule has 0 spiro atoms. The summed E-state index contributed by atoms with van der Waals surface area (Å²) >= 11 is 0. The summed E-state index contributed by atoms with van der Waals surface area (Å²) in [5, 5.41) is 0. The van der Waals surface area contributed by atoms with E-state index in [1.807, 2.05) is 6.92 Å². The Kier molecular flexibility index (Phi) is 4.68. The summed E-state index contributed by atoms with van der Waals surface area (Å²) in [6.45, 7) is 1.58. The lowest BCUT2D eigenvalue weighted by atomic mass is 10.1. The molecule has 144 valence electrons. The maximum absolute atomic E-state index is 14.3. The number of nitrogens with zero attached hydrogens (tertiary/aromatic N) is 2. The van der Waals surface area contributed by atoms with Crippen LogP contribution < -0.4 is 4.90 Å². The molecule has 0 saturated carbocycles. The Hall–Kier alpha value is -3.80. The van der Waals surface area contributed by atoms with Gasteiger partial charge in [0.2, 0.25) is 0 Å². The molecule has 4 rings (SSSR count). The molecule has 3 aromatic rings. The van der Waals surface area contributed by atoms with Crippen LogP contribution in [0.1, 0.15) is 36.6 Å². The van der Waals surface area contributed by atoms with Crippen molar-refractivity contribution < 1.29 is 18.8 Å². The Morgan fingerprint density at radius 3 is 2.00 bits per heavy atom. The Bertz CT molecular complexity index is 1090. The Balaban J connectivity index is 1.73. The number of rotatable bonds is 4. The molecule has 1 aliphatic rings. The van der Waals surface area contributed by atoms with E-state index in [4.69, 9.17) is 0 Å². The molecule has 0 aromatic heterocycles. The lowest BCUT2D eigenvalue weighted by molar-refractivity contribution is 0.0650. The summed E-state index contributed by atoms with van der Waals surface area (Å²) in [6.07, 6.45) is 0. The zero-order valence-electron chi connectivity index (χ0n) is 15.6. The lowest BCUT2D eigenvalue weighted by Gasteiger charge is -2.27. The normalized spacial score (nSPS) is 12.8. The van der Waals surface area contributed by atoms with E-state index in [0.29, 0.717) is 16.8 Å². The van der Waals surface area contributed by atoms with Gasteiger partial charge < -0.3 is 0 Å². The van der Waals surface area contributed by atoms with Crippen LogP contribution in [0.15, 0.2) is 72.8 Å². The first-order chi connectivity index (χ1) is 14.0. The van der Waals surface area contributed by atoms with Crippen LogP contribution in [0.4, 0.5) is 10.1 Å². The smallest absolute Gasteiger partial charge is 0.263 e. The molecule has 3 amide bonds. The molecule has 0 aliphatic carbocycles.